The Morgan fingerprint density at radius 2 is 1.83 bits per heavy atom. The van der Waals surface area contributed by atoms with E-state index < -0.39 is 21.8 Å². The van der Waals surface area contributed by atoms with Crippen LogP contribution < -0.4 is 0 Å². The molecule has 0 heterocycles. The van der Waals surface area contributed by atoms with E-state index in [4.69, 9.17) is 0 Å². The highest BCUT2D eigenvalue weighted by atomic mass is 32.2. The van der Waals surface area contributed by atoms with E-state index in [-0.39, 0.29) is 11.5 Å². The van der Waals surface area contributed by atoms with Gasteiger partial charge in [0.25, 0.3) is 10.0 Å². The molecule has 0 unspecified atom stereocenters. The predicted octanol–water partition coefficient (Wildman–Crippen LogP) is 2.46. The fraction of sp³-hybridized carbons (Fsp3) is 0.300. The van der Waals surface area contributed by atoms with Crippen LogP contribution in [0.15, 0.2) is 33.6 Å². The number of alkyl halides is 3. The Morgan fingerprint density at radius 3 is 2.28 bits per heavy atom. The molecule has 1 rings (SSSR count). The molecule has 0 aliphatic rings. The average Bonchev–Trinajstić information content (AvgIpc) is 2.28. The van der Waals surface area contributed by atoms with Crippen LogP contribution in [0.1, 0.15) is 12.5 Å². The molecule has 0 aromatic heterocycles. The van der Waals surface area contributed by atoms with E-state index in [0.29, 0.717) is 12.1 Å². The van der Waals surface area contributed by atoms with Gasteiger partial charge in [-0.15, -0.1) is 4.40 Å². The summed E-state index contributed by atoms with van der Waals surface area (Å²) in [5.74, 6) is 0. The molecule has 1 aromatic carbocycles. The van der Waals surface area contributed by atoms with Crippen molar-refractivity contribution in [3.05, 3.63) is 29.8 Å². The van der Waals surface area contributed by atoms with Crippen molar-refractivity contribution in [2.75, 3.05) is 6.61 Å². The van der Waals surface area contributed by atoms with Gasteiger partial charge >= 0.3 is 6.18 Å². The maximum atomic E-state index is 12.3. The normalized spacial score (nSPS) is 12.9. The van der Waals surface area contributed by atoms with Gasteiger partial charge in [-0.05, 0) is 31.2 Å². The molecule has 0 saturated carbocycles. The van der Waals surface area contributed by atoms with Gasteiger partial charge in [0.2, 0.25) is 0 Å². The van der Waals surface area contributed by atoms with E-state index in [1.54, 1.807) is 6.92 Å². The van der Waals surface area contributed by atoms with Crippen molar-refractivity contribution in [3.63, 3.8) is 0 Å². The summed E-state index contributed by atoms with van der Waals surface area (Å²) in [6.07, 6.45) is -3.76. The highest BCUT2D eigenvalue weighted by Gasteiger charge is 2.30. The first-order valence-electron chi connectivity index (χ1n) is 4.85. The molecular weight excluding hydrogens is 271 g/mol. The first-order chi connectivity index (χ1) is 8.27. The lowest BCUT2D eigenvalue weighted by Crippen LogP contribution is -2.05. The summed E-state index contributed by atoms with van der Waals surface area (Å²) in [6, 6.07) is 3.06. The zero-order valence-electron chi connectivity index (χ0n) is 9.31. The van der Waals surface area contributed by atoms with E-state index in [0.717, 1.165) is 18.5 Å². The third-order valence-corrected chi connectivity index (χ3v) is 3.13. The Morgan fingerprint density at radius 1 is 1.28 bits per heavy atom. The lowest BCUT2D eigenvalue weighted by Gasteiger charge is -2.06. The first kappa shape index (κ1) is 14.5. The smallest absolute Gasteiger partial charge is 0.416 e. The predicted molar refractivity (Wildman–Crippen MR) is 58.7 cm³/mol. The highest BCUT2D eigenvalue weighted by Crippen LogP contribution is 2.29. The van der Waals surface area contributed by atoms with Crippen LogP contribution in [-0.4, -0.2) is 21.4 Å². The standard InChI is InChI=1S/C10H10F3NO3S/c1-2-17-7-14-18(15,16)9-5-3-8(4-6-9)10(11,12)13/h3-7H,2H2,1H3/b14-7+. The average molecular weight is 281 g/mol. The largest absolute Gasteiger partial charge is 0.483 e. The molecule has 0 saturated heterocycles. The molecule has 0 aliphatic carbocycles. The number of benzene rings is 1. The molecule has 0 atom stereocenters. The summed E-state index contributed by atoms with van der Waals surface area (Å²) >= 11 is 0. The van der Waals surface area contributed by atoms with Crippen molar-refractivity contribution in [3.8, 4) is 0 Å². The SMILES string of the molecule is CCO/C=N/S(=O)(=O)c1ccc(C(F)(F)F)cc1. The lowest BCUT2D eigenvalue weighted by molar-refractivity contribution is -0.137. The van der Waals surface area contributed by atoms with Gasteiger partial charge in [0, 0.05) is 0 Å². The van der Waals surface area contributed by atoms with Gasteiger partial charge in [-0.3, -0.25) is 0 Å². The summed E-state index contributed by atoms with van der Waals surface area (Å²) in [6.45, 7) is 1.88. The Balaban J connectivity index is 2.98. The van der Waals surface area contributed by atoms with E-state index in [1.165, 1.54) is 0 Å². The zero-order valence-corrected chi connectivity index (χ0v) is 10.1. The second kappa shape index (κ2) is 5.38. The molecule has 0 spiro atoms. The highest BCUT2D eigenvalue weighted by molar-refractivity contribution is 7.90. The Hall–Kier alpha value is -1.57. The summed E-state index contributed by atoms with van der Waals surface area (Å²) in [4.78, 5) is -0.327. The Kier molecular flexibility index (Phi) is 4.33. The number of hydrogen-bond acceptors (Lipinski definition) is 3. The van der Waals surface area contributed by atoms with Gasteiger partial charge < -0.3 is 4.74 Å². The van der Waals surface area contributed by atoms with Crippen LogP contribution >= 0.6 is 0 Å². The maximum Gasteiger partial charge on any atom is 0.416 e. The molecule has 1 aromatic rings. The van der Waals surface area contributed by atoms with Crippen molar-refractivity contribution >= 4 is 16.4 Å². The molecule has 0 N–H and O–H groups in total. The second-order valence-electron chi connectivity index (χ2n) is 3.16. The molecule has 0 aliphatic heterocycles. The van der Waals surface area contributed by atoms with Gasteiger partial charge in [-0.25, -0.2) is 0 Å². The second-order valence-corrected chi connectivity index (χ2v) is 4.80. The van der Waals surface area contributed by atoms with Crippen molar-refractivity contribution in [1.82, 2.24) is 0 Å². The topological polar surface area (TPSA) is 55.7 Å². The van der Waals surface area contributed by atoms with E-state index in [2.05, 4.69) is 9.13 Å². The molecular formula is C10H10F3NO3S. The van der Waals surface area contributed by atoms with Crippen LogP contribution in [0.5, 0.6) is 0 Å². The van der Waals surface area contributed by atoms with Crippen molar-refractivity contribution in [2.24, 2.45) is 4.40 Å². The fourth-order valence-electron chi connectivity index (χ4n) is 1.04. The van der Waals surface area contributed by atoms with Crippen LogP contribution in [-0.2, 0) is 20.9 Å². The minimum absolute atomic E-state index is 0.242. The van der Waals surface area contributed by atoms with Crippen LogP contribution in [0.25, 0.3) is 0 Å². The van der Waals surface area contributed by atoms with Crippen LogP contribution in [0.3, 0.4) is 0 Å². The van der Waals surface area contributed by atoms with E-state index >= 15 is 0 Å². The van der Waals surface area contributed by atoms with Crippen molar-refractivity contribution in [2.45, 2.75) is 18.0 Å². The monoisotopic (exact) mass is 281 g/mol. The van der Waals surface area contributed by atoms with Crippen molar-refractivity contribution in [1.29, 1.82) is 0 Å². The Labute approximate surface area is 102 Å². The number of rotatable bonds is 4. The van der Waals surface area contributed by atoms with Crippen LogP contribution in [0.2, 0.25) is 0 Å². The quantitative estimate of drug-likeness (QED) is 0.629. The minimum atomic E-state index is -4.50. The minimum Gasteiger partial charge on any atom is -0.483 e. The number of hydrogen-bond donors (Lipinski definition) is 0. The number of halogens is 3. The fourth-order valence-corrected chi connectivity index (χ4v) is 1.81. The van der Waals surface area contributed by atoms with E-state index in [1.807, 2.05) is 0 Å². The summed E-state index contributed by atoms with van der Waals surface area (Å²) < 4.78 is 67.6. The molecule has 18 heavy (non-hydrogen) atoms. The zero-order chi connectivity index (χ0) is 13.8. The van der Waals surface area contributed by atoms with Crippen LogP contribution in [0, 0.1) is 0 Å². The molecule has 4 nitrogen and oxygen atoms in total. The van der Waals surface area contributed by atoms with Gasteiger partial charge in [0.05, 0.1) is 17.1 Å². The first-order valence-corrected chi connectivity index (χ1v) is 6.29. The number of ether oxygens (including phenoxy) is 1. The summed E-state index contributed by atoms with van der Waals surface area (Å²) in [7, 11) is -4.02. The Bertz CT molecular complexity index is 520. The third kappa shape index (κ3) is 3.73. The van der Waals surface area contributed by atoms with Gasteiger partial charge in [-0.1, -0.05) is 0 Å². The van der Waals surface area contributed by atoms with Gasteiger partial charge in [0.1, 0.15) is 0 Å². The molecule has 0 radical (unpaired) electrons. The summed E-state index contributed by atoms with van der Waals surface area (Å²) in [5.41, 5.74) is -0.921. The molecule has 0 fully saturated rings. The molecule has 100 valence electrons. The molecule has 8 heteroatoms. The summed E-state index contributed by atoms with van der Waals surface area (Å²) in [5, 5.41) is 0. The third-order valence-electron chi connectivity index (χ3n) is 1.90. The maximum absolute atomic E-state index is 12.3. The van der Waals surface area contributed by atoms with E-state index in [9.17, 15) is 21.6 Å². The van der Waals surface area contributed by atoms with Crippen LogP contribution in [0.4, 0.5) is 13.2 Å². The van der Waals surface area contributed by atoms with Gasteiger partial charge in [-0.2, -0.15) is 21.6 Å². The van der Waals surface area contributed by atoms with Crippen molar-refractivity contribution < 1.29 is 26.3 Å². The lowest BCUT2D eigenvalue weighted by atomic mass is 10.2. The number of sulfonamides is 1. The molecule has 0 amide bonds. The molecule has 0 bridgehead atoms. The number of nitrogens with zero attached hydrogens (tertiary/aromatic N) is 1. The van der Waals surface area contributed by atoms with Gasteiger partial charge in [0.15, 0.2) is 6.40 Å².